The third kappa shape index (κ3) is 7.46. The topological polar surface area (TPSA) is 144 Å². The molecular formula is C22H26N4O6. The molecule has 10 heteroatoms. The van der Waals surface area contributed by atoms with Crippen molar-refractivity contribution in [2.24, 2.45) is 0 Å². The van der Waals surface area contributed by atoms with Gasteiger partial charge >= 0.3 is 0 Å². The quantitative estimate of drug-likeness (QED) is 0.272. The number of nitrogens with zero attached hydrogens (tertiary/aromatic N) is 2. The monoisotopic (exact) mass is 442 g/mol. The minimum atomic E-state index is -0.571. The van der Waals surface area contributed by atoms with Gasteiger partial charge in [0.2, 0.25) is 0 Å². The number of unbranched alkanes of at least 4 members (excludes halogenated alkanes) is 5. The van der Waals surface area contributed by atoms with Crippen LogP contribution in [0.5, 0.6) is 0 Å². The molecule has 32 heavy (non-hydrogen) atoms. The highest BCUT2D eigenvalue weighted by Gasteiger charge is 2.19. The summed E-state index contributed by atoms with van der Waals surface area (Å²) in [6.45, 7) is 0.883. The van der Waals surface area contributed by atoms with Crippen LogP contribution in [-0.4, -0.2) is 34.8 Å². The van der Waals surface area contributed by atoms with E-state index in [1.54, 1.807) is 12.1 Å². The van der Waals surface area contributed by atoms with Crippen LogP contribution < -0.4 is 10.6 Å². The molecule has 10 nitrogen and oxygen atoms in total. The van der Waals surface area contributed by atoms with Crippen LogP contribution in [0.1, 0.15) is 59.2 Å². The minimum absolute atomic E-state index is 0.0559. The summed E-state index contributed by atoms with van der Waals surface area (Å²) in [5, 5.41) is 27.4. The van der Waals surface area contributed by atoms with E-state index in [1.165, 1.54) is 36.4 Å². The van der Waals surface area contributed by atoms with E-state index in [0.29, 0.717) is 13.1 Å². The number of carbonyl (C=O) groups is 2. The summed E-state index contributed by atoms with van der Waals surface area (Å²) >= 11 is 0. The van der Waals surface area contributed by atoms with Crippen LogP contribution in [0.3, 0.4) is 0 Å². The number of nitro benzene ring substituents is 2. The van der Waals surface area contributed by atoms with E-state index < -0.39 is 21.7 Å². The van der Waals surface area contributed by atoms with Gasteiger partial charge in [-0.15, -0.1) is 0 Å². The Morgan fingerprint density at radius 3 is 1.34 bits per heavy atom. The second-order valence-electron chi connectivity index (χ2n) is 7.18. The molecule has 0 atom stereocenters. The largest absolute Gasteiger partial charge is 0.352 e. The summed E-state index contributed by atoms with van der Waals surface area (Å²) in [4.78, 5) is 45.0. The van der Waals surface area contributed by atoms with Gasteiger partial charge in [0.1, 0.15) is 11.1 Å². The molecule has 0 bridgehead atoms. The Labute approximate surface area is 185 Å². The van der Waals surface area contributed by atoms with E-state index in [2.05, 4.69) is 10.6 Å². The number of rotatable bonds is 13. The summed E-state index contributed by atoms with van der Waals surface area (Å²) in [5.74, 6) is -0.904. The van der Waals surface area contributed by atoms with Crippen LogP contribution in [0.2, 0.25) is 0 Å². The summed E-state index contributed by atoms with van der Waals surface area (Å²) in [6.07, 6.45) is 5.25. The lowest BCUT2D eigenvalue weighted by Gasteiger charge is -2.07. The highest BCUT2D eigenvalue weighted by Crippen LogP contribution is 2.18. The molecule has 0 aromatic heterocycles. The van der Waals surface area contributed by atoms with Gasteiger partial charge in [0.25, 0.3) is 23.2 Å². The van der Waals surface area contributed by atoms with E-state index in [1.807, 2.05) is 0 Å². The summed E-state index contributed by atoms with van der Waals surface area (Å²) in [6, 6.07) is 11.7. The Morgan fingerprint density at radius 1 is 0.625 bits per heavy atom. The van der Waals surface area contributed by atoms with Crippen molar-refractivity contribution in [3.63, 3.8) is 0 Å². The maximum absolute atomic E-state index is 12.1. The zero-order chi connectivity index (χ0) is 23.3. The lowest BCUT2D eigenvalue weighted by molar-refractivity contribution is -0.385. The van der Waals surface area contributed by atoms with Crippen molar-refractivity contribution in [3.8, 4) is 0 Å². The fourth-order valence-electron chi connectivity index (χ4n) is 3.20. The number of hydrogen-bond donors (Lipinski definition) is 2. The van der Waals surface area contributed by atoms with Gasteiger partial charge in [-0.2, -0.15) is 0 Å². The molecule has 2 aromatic carbocycles. The van der Waals surface area contributed by atoms with Gasteiger partial charge in [0, 0.05) is 25.2 Å². The fourth-order valence-corrected chi connectivity index (χ4v) is 3.20. The van der Waals surface area contributed by atoms with Crippen molar-refractivity contribution in [1.29, 1.82) is 0 Å². The second kappa shape index (κ2) is 12.8. The first-order valence-corrected chi connectivity index (χ1v) is 10.4. The third-order valence-electron chi connectivity index (χ3n) is 4.87. The first-order chi connectivity index (χ1) is 15.4. The summed E-state index contributed by atoms with van der Waals surface area (Å²) < 4.78 is 0. The van der Waals surface area contributed by atoms with Crippen LogP contribution >= 0.6 is 0 Å². The van der Waals surface area contributed by atoms with E-state index in [0.717, 1.165) is 38.5 Å². The van der Waals surface area contributed by atoms with Crippen molar-refractivity contribution >= 4 is 23.2 Å². The lowest BCUT2D eigenvalue weighted by Crippen LogP contribution is -2.25. The van der Waals surface area contributed by atoms with E-state index in [4.69, 9.17) is 0 Å². The standard InChI is InChI=1S/C22H26N4O6/c27-21(17-11-5-7-13-19(17)25(29)30)23-15-9-3-1-2-4-10-16-24-22(28)18-12-6-8-14-20(18)26(31)32/h5-8,11-14H,1-4,9-10,15-16H2,(H,23,27)(H,24,28). The van der Waals surface area contributed by atoms with Crippen molar-refractivity contribution in [3.05, 3.63) is 79.9 Å². The maximum Gasteiger partial charge on any atom is 0.282 e. The fraction of sp³-hybridized carbons (Fsp3) is 0.364. The molecule has 2 aromatic rings. The Balaban J connectivity index is 1.55. The smallest absolute Gasteiger partial charge is 0.282 e. The van der Waals surface area contributed by atoms with Crippen LogP contribution in [-0.2, 0) is 0 Å². The second-order valence-corrected chi connectivity index (χ2v) is 7.18. The molecule has 170 valence electrons. The Bertz CT molecular complexity index is 885. The number of hydrogen-bond acceptors (Lipinski definition) is 6. The molecule has 2 amide bonds. The number of benzene rings is 2. The first-order valence-electron chi connectivity index (χ1n) is 10.4. The van der Waals surface area contributed by atoms with Crippen molar-refractivity contribution in [2.45, 2.75) is 38.5 Å². The normalized spacial score (nSPS) is 10.4. The molecule has 0 unspecified atom stereocenters. The number of nitrogens with one attached hydrogen (secondary N) is 2. The molecule has 2 rings (SSSR count). The van der Waals surface area contributed by atoms with Gasteiger partial charge in [-0.1, -0.05) is 49.9 Å². The SMILES string of the molecule is O=C(NCCCCCCCCNC(=O)c1ccccc1[N+](=O)[O-])c1ccccc1[N+](=O)[O-]. The predicted octanol–water partition coefficient (Wildman–Crippen LogP) is 4.00. The number of amides is 2. The Kier molecular flexibility index (Phi) is 9.76. The van der Waals surface area contributed by atoms with Crippen molar-refractivity contribution in [1.82, 2.24) is 10.6 Å². The number of para-hydroxylation sites is 2. The molecule has 0 radical (unpaired) electrons. The lowest BCUT2D eigenvalue weighted by atomic mass is 10.1. The molecule has 0 saturated heterocycles. The van der Waals surface area contributed by atoms with Crippen LogP contribution in [0.15, 0.2) is 48.5 Å². The van der Waals surface area contributed by atoms with Crippen LogP contribution in [0.25, 0.3) is 0 Å². The number of nitro groups is 2. The highest BCUT2D eigenvalue weighted by molar-refractivity contribution is 5.98. The molecule has 0 heterocycles. The molecular weight excluding hydrogens is 416 g/mol. The molecule has 2 N–H and O–H groups in total. The molecule has 0 fully saturated rings. The molecule has 0 aliphatic heterocycles. The van der Waals surface area contributed by atoms with E-state index >= 15 is 0 Å². The van der Waals surface area contributed by atoms with Crippen LogP contribution in [0.4, 0.5) is 11.4 Å². The van der Waals surface area contributed by atoms with Crippen LogP contribution in [0, 0.1) is 20.2 Å². The van der Waals surface area contributed by atoms with Crippen molar-refractivity contribution in [2.75, 3.05) is 13.1 Å². The first kappa shape index (κ1) is 24.4. The molecule has 0 aliphatic carbocycles. The average Bonchev–Trinajstić information content (AvgIpc) is 2.79. The zero-order valence-corrected chi connectivity index (χ0v) is 17.6. The molecule has 0 spiro atoms. The zero-order valence-electron chi connectivity index (χ0n) is 17.6. The highest BCUT2D eigenvalue weighted by atomic mass is 16.6. The molecule has 0 aliphatic rings. The average molecular weight is 442 g/mol. The van der Waals surface area contributed by atoms with Gasteiger partial charge < -0.3 is 10.6 Å². The summed E-state index contributed by atoms with van der Waals surface area (Å²) in [7, 11) is 0. The summed E-state index contributed by atoms with van der Waals surface area (Å²) in [5.41, 5.74) is -0.307. The van der Waals surface area contributed by atoms with Gasteiger partial charge in [0.05, 0.1) is 9.85 Å². The van der Waals surface area contributed by atoms with Gasteiger partial charge in [-0.3, -0.25) is 29.8 Å². The maximum atomic E-state index is 12.1. The van der Waals surface area contributed by atoms with Gasteiger partial charge in [-0.25, -0.2) is 0 Å². The van der Waals surface area contributed by atoms with E-state index in [-0.39, 0.29) is 22.5 Å². The Hall–Kier alpha value is -3.82. The Morgan fingerprint density at radius 2 is 0.969 bits per heavy atom. The van der Waals surface area contributed by atoms with E-state index in [9.17, 15) is 29.8 Å². The predicted molar refractivity (Wildman–Crippen MR) is 119 cm³/mol. The van der Waals surface area contributed by atoms with Gasteiger partial charge in [0.15, 0.2) is 0 Å². The third-order valence-corrected chi connectivity index (χ3v) is 4.87. The molecule has 0 saturated carbocycles. The van der Waals surface area contributed by atoms with Gasteiger partial charge in [-0.05, 0) is 25.0 Å². The minimum Gasteiger partial charge on any atom is -0.352 e. The number of carbonyl (C=O) groups excluding carboxylic acids is 2. The van der Waals surface area contributed by atoms with Crippen molar-refractivity contribution < 1.29 is 19.4 Å².